The van der Waals surface area contributed by atoms with Crippen LogP contribution in [0.4, 0.5) is 0 Å². The van der Waals surface area contributed by atoms with Crippen molar-refractivity contribution in [2.45, 2.75) is 52.7 Å². The second-order valence-corrected chi connectivity index (χ2v) is 5.75. The third-order valence-electron chi connectivity index (χ3n) is 3.65. The lowest BCUT2D eigenvalue weighted by molar-refractivity contribution is -0.0316. The van der Waals surface area contributed by atoms with Gasteiger partial charge in [-0.15, -0.1) is 0 Å². The van der Waals surface area contributed by atoms with Gasteiger partial charge in [0.2, 0.25) is 0 Å². The third-order valence-corrected chi connectivity index (χ3v) is 3.65. The van der Waals surface area contributed by atoms with Crippen LogP contribution >= 0.6 is 0 Å². The van der Waals surface area contributed by atoms with Gasteiger partial charge in [0, 0.05) is 5.92 Å². The normalized spacial score (nSPS) is 41.2. The standard InChI is InChI=1S/C13H22O/c1-8(2)10-6-13(5)7-11(10)12(14-13)9(3)4/h6,8-9,11-12H,7H2,1-5H3. The van der Waals surface area contributed by atoms with Crippen LogP contribution in [-0.2, 0) is 4.74 Å². The fourth-order valence-corrected chi connectivity index (χ4v) is 3.05. The summed E-state index contributed by atoms with van der Waals surface area (Å²) in [5, 5.41) is 0. The van der Waals surface area contributed by atoms with Gasteiger partial charge in [0.25, 0.3) is 0 Å². The maximum Gasteiger partial charge on any atom is 0.0848 e. The number of fused-ring (bicyclic) bond motifs is 2. The molecule has 0 amide bonds. The monoisotopic (exact) mass is 194 g/mol. The molecule has 3 atom stereocenters. The van der Waals surface area contributed by atoms with Gasteiger partial charge < -0.3 is 4.74 Å². The molecule has 2 bridgehead atoms. The fraction of sp³-hybridized carbons (Fsp3) is 0.846. The van der Waals surface area contributed by atoms with Gasteiger partial charge in [-0.25, -0.2) is 0 Å². The van der Waals surface area contributed by atoms with Gasteiger partial charge in [-0.3, -0.25) is 0 Å². The minimum absolute atomic E-state index is 0.0548. The second kappa shape index (κ2) is 3.10. The molecule has 80 valence electrons. The summed E-state index contributed by atoms with van der Waals surface area (Å²) in [4.78, 5) is 0. The van der Waals surface area contributed by atoms with Crippen LogP contribution in [0.15, 0.2) is 11.6 Å². The molecule has 1 heteroatoms. The zero-order valence-corrected chi connectivity index (χ0v) is 10.0. The van der Waals surface area contributed by atoms with Crippen LogP contribution in [0, 0.1) is 17.8 Å². The Bertz CT molecular complexity index is 264. The zero-order chi connectivity index (χ0) is 10.5. The summed E-state index contributed by atoms with van der Waals surface area (Å²) in [6, 6.07) is 0. The highest BCUT2D eigenvalue weighted by Crippen LogP contribution is 2.50. The van der Waals surface area contributed by atoms with E-state index in [4.69, 9.17) is 4.74 Å². The van der Waals surface area contributed by atoms with Gasteiger partial charge in [-0.1, -0.05) is 39.3 Å². The molecule has 1 nitrogen and oxygen atoms in total. The fourth-order valence-electron chi connectivity index (χ4n) is 3.05. The average Bonchev–Trinajstić information content (AvgIpc) is 2.55. The van der Waals surface area contributed by atoms with E-state index in [1.807, 2.05) is 0 Å². The largest absolute Gasteiger partial charge is 0.367 e. The van der Waals surface area contributed by atoms with Crippen LogP contribution in [0.25, 0.3) is 0 Å². The first-order valence-electron chi connectivity index (χ1n) is 5.83. The minimum Gasteiger partial charge on any atom is -0.367 e. The second-order valence-electron chi connectivity index (χ2n) is 5.75. The van der Waals surface area contributed by atoms with Crippen molar-refractivity contribution in [3.8, 4) is 0 Å². The number of hydrogen-bond donors (Lipinski definition) is 0. The summed E-state index contributed by atoms with van der Waals surface area (Å²) in [6.07, 6.45) is 4.05. The molecule has 2 aliphatic rings. The van der Waals surface area contributed by atoms with Gasteiger partial charge in [-0.2, -0.15) is 0 Å². The van der Waals surface area contributed by atoms with Crippen LogP contribution in [0.5, 0.6) is 0 Å². The minimum atomic E-state index is 0.0548. The average molecular weight is 194 g/mol. The molecule has 14 heavy (non-hydrogen) atoms. The summed E-state index contributed by atoms with van der Waals surface area (Å²) in [7, 11) is 0. The molecule has 0 saturated carbocycles. The first-order valence-corrected chi connectivity index (χ1v) is 5.83. The number of hydrogen-bond acceptors (Lipinski definition) is 1. The summed E-state index contributed by atoms with van der Waals surface area (Å²) in [5.41, 5.74) is 1.69. The van der Waals surface area contributed by atoms with E-state index in [-0.39, 0.29) is 5.60 Å². The SMILES string of the molecule is CC(C)C1=CC2(C)CC1C(C(C)C)O2. The van der Waals surface area contributed by atoms with Gasteiger partial charge in [0.15, 0.2) is 0 Å². The van der Waals surface area contributed by atoms with Crippen molar-refractivity contribution < 1.29 is 4.74 Å². The lowest BCUT2D eigenvalue weighted by Crippen LogP contribution is -2.31. The predicted molar refractivity (Wildman–Crippen MR) is 59.1 cm³/mol. The first kappa shape index (κ1) is 10.2. The Balaban J connectivity index is 2.25. The van der Waals surface area contributed by atoms with Crippen molar-refractivity contribution in [2.24, 2.45) is 17.8 Å². The smallest absolute Gasteiger partial charge is 0.0848 e. The van der Waals surface area contributed by atoms with Crippen molar-refractivity contribution in [1.82, 2.24) is 0 Å². The topological polar surface area (TPSA) is 9.23 Å². The molecule has 1 aliphatic carbocycles. The van der Waals surface area contributed by atoms with Gasteiger partial charge >= 0.3 is 0 Å². The molecule has 0 aromatic rings. The molecule has 1 heterocycles. The summed E-state index contributed by atoms with van der Waals surface area (Å²) in [5.74, 6) is 2.02. The van der Waals surface area contributed by atoms with E-state index >= 15 is 0 Å². The van der Waals surface area contributed by atoms with E-state index in [1.54, 1.807) is 5.57 Å². The van der Waals surface area contributed by atoms with Crippen molar-refractivity contribution in [1.29, 1.82) is 0 Å². The van der Waals surface area contributed by atoms with E-state index in [9.17, 15) is 0 Å². The van der Waals surface area contributed by atoms with Gasteiger partial charge in [0.05, 0.1) is 11.7 Å². The lowest BCUT2D eigenvalue weighted by atomic mass is 9.84. The molecule has 3 unspecified atom stereocenters. The lowest BCUT2D eigenvalue weighted by Gasteiger charge is -2.31. The van der Waals surface area contributed by atoms with Gasteiger partial charge in [-0.05, 0) is 25.2 Å². The van der Waals surface area contributed by atoms with Crippen molar-refractivity contribution in [2.75, 3.05) is 0 Å². The molecule has 1 fully saturated rings. The highest BCUT2D eigenvalue weighted by Gasteiger charge is 2.50. The molecule has 1 saturated heterocycles. The molecule has 0 aromatic heterocycles. The molecule has 2 rings (SSSR count). The van der Waals surface area contributed by atoms with Crippen molar-refractivity contribution >= 4 is 0 Å². The van der Waals surface area contributed by atoms with Crippen LogP contribution in [0.1, 0.15) is 41.0 Å². The first-order chi connectivity index (χ1) is 6.43. The third kappa shape index (κ3) is 1.42. The Hall–Kier alpha value is -0.300. The Kier molecular flexibility index (Phi) is 2.26. The Morgan fingerprint density at radius 1 is 1.36 bits per heavy atom. The van der Waals surface area contributed by atoms with E-state index < -0.39 is 0 Å². The van der Waals surface area contributed by atoms with E-state index in [0.717, 1.165) is 0 Å². The summed E-state index contributed by atoms with van der Waals surface area (Å²) < 4.78 is 6.11. The predicted octanol–water partition coefficient (Wildman–Crippen LogP) is 3.40. The van der Waals surface area contributed by atoms with Crippen LogP contribution in [0.2, 0.25) is 0 Å². The molecule has 1 aliphatic heterocycles. The molecule has 0 aromatic carbocycles. The number of ether oxygens (including phenoxy) is 1. The Morgan fingerprint density at radius 2 is 2.00 bits per heavy atom. The molecule has 0 radical (unpaired) electrons. The quantitative estimate of drug-likeness (QED) is 0.612. The zero-order valence-electron chi connectivity index (χ0n) is 10.0. The molecule has 0 spiro atoms. The van der Waals surface area contributed by atoms with Gasteiger partial charge in [0.1, 0.15) is 0 Å². The molecular weight excluding hydrogens is 172 g/mol. The summed E-state index contributed by atoms with van der Waals surface area (Å²) >= 11 is 0. The highest BCUT2D eigenvalue weighted by atomic mass is 16.5. The maximum absolute atomic E-state index is 6.11. The molecular formula is C13H22O. The maximum atomic E-state index is 6.11. The van der Waals surface area contributed by atoms with E-state index in [1.165, 1.54) is 6.42 Å². The van der Waals surface area contributed by atoms with Crippen LogP contribution in [0.3, 0.4) is 0 Å². The van der Waals surface area contributed by atoms with Crippen LogP contribution in [-0.4, -0.2) is 11.7 Å². The Labute approximate surface area is 87.5 Å². The summed E-state index contributed by atoms with van der Waals surface area (Å²) in [6.45, 7) is 11.4. The van der Waals surface area contributed by atoms with Crippen molar-refractivity contribution in [3.05, 3.63) is 11.6 Å². The van der Waals surface area contributed by atoms with E-state index in [2.05, 4.69) is 40.7 Å². The number of rotatable bonds is 2. The molecule has 0 N–H and O–H groups in total. The highest BCUT2D eigenvalue weighted by molar-refractivity contribution is 5.28. The van der Waals surface area contributed by atoms with Crippen molar-refractivity contribution in [3.63, 3.8) is 0 Å². The Morgan fingerprint density at radius 3 is 2.43 bits per heavy atom. The van der Waals surface area contributed by atoms with E-state index in [0.29, 0.717) is 23.9 Å². The van der Waals surface area contributed by atoms with Crippen LogP contribution < -0.4 is 0 Å².